The smallest absolute Gasteiger partial charge is 0.435 e. The number of fused-ring (bicyclic) bond motifs is 1. The van der Waals surface area contributed by atoms with Crippen LogP contribution < -0.4 is 11.1 Å². The Hall–Kier alpha value is -2.57. The van der Waals surface area contributed by atoms with Crippen LogP contribution in [-0.2, 0) is 22.7 Å². The van der Waals surface area contributed by atoms with Crippen molar-refractivity contribution in [1.29, 1.82) is 0 Å². The topological polar surface area (TPSA) is 79.5 Å². The minimum Gasteiger partial charge on any atom is -0.435 e. The lowest BCUT2D eigenvalue weighted by molar-refractivity contribution is 0.0371. The van der Waals surface area contributed by atoms with Crippen molar-refractivity contribution in [3.8, 4) is 0 Å². The Bertz CT molecular complexity index is 806. The molecule has 0 amide bonds. The van der Waals surface area contributed by atoms with Crippen molar-refractivity contribution in [2.24, 2.45) is 0 Å². The predicted octanol–water partition coefficient (Wildman–Crippen LogP) is 2.09. The lowest BCUT2D eigenvalue weighted by atomic mass is 10.2. The van der Waals surface area contributed by atoms with Crippen LogP contribution in [0.5, 0.6) is 0 Å². The van der Waals surface area contributed by atoms with Gasteiger partial charge in [-0.2, -0.15) is 0 Å². The summed E-state index contributed by atoms with van der Waals surface area (Å²) < 4.78 is 12.2. The number of carbonyl (C=O) groups excluding carboxylic acids is 1. The number of benzene rings is 1. The van der Waals surface area contributed by atoms with Crippen LogP contribution in [-0.4, -0.2) is 21.9 Å². The van der Waals surface area contributed by atoms with E-state index < -0.39 is 17.3 Å². The Labute approximate surface area is 133 Å². The number of aromatic nitrogens is 2. The number of para-hydroxylation sites is 2. The molecule has 7 nitrogen and oxygen atoms in total. The third kappa shape index (κ3) is 3.61. The highest BCUT2D eigenvalue weighted by atomic mass is 16.7. The number of aryl methyl sites for hydroxylation is 1. The van der Waals surface area contributed by atoms with Crippen molar-refractivity contribution < 1.29 is 14.3 Å². The summed E-state index contributed by atoms with van der Waals surface area (Å²) in [5.41, 5.74) is -0.163. The normalized spacial score (nSPS) is 10.7. The lowest BCUT2D eigenvalue weighted by Gasteiger charge is -2.14. The number of hydrogen-bond donors (Lipinski definition) is 0. The Morgan fingerprint density at radius 2 is 1.61 bits per heavy atom. The zero-order valence-corrected chi connectivity index (χ0v) is 13.3. The molecule has 7 heteroatoms. The highest BCUT2D eigenvalue weighted by Crippen LogP contribution is 2.11. The summed E-state index contributed by atoms with van der Waals surface area (Å²) in [7, 11) is 0. The first-order chi connectivity index (χ1) is 11.1. The molecule has 0 aliphatic heterocycles. The minimum absolute atomic E-state index is 0.174. The van der Waals surface area contributed by atoms with Gasteiger partial charge in [0.1, 0.15) is 0 Å². The standard InChI is InChI=1S/C16H20N2O5/c1-3-5-10-17-12-8-6-7-9-13(12)18(15(20)14(17)19)11-23-16(21)22-4-2/h6-9H,3-5,10-11H2,1-2H3. The van der Waals surface area contributed by atoms with Gasteiger partial charge in [-0.25, -0.2) is 4.79 Å². The second-order valence-electron chi connectivity index (χ2n) is 4.99. The third-order valence-electron chi connectivity index (χ3n) is 3.45. The second kappa shape index (κ2) is 7.62. The van der Waals surface area contributed by atoms with Crippen molar-refractivity contribution in [3.05, 3.63) is 45.0 Å². The summed E-state index contributed by atoms with van der Waals surface area (Å²) >= 11 is 0. The average molecular weight is 320 g/mol. The fourth-order valence-electron chi connectivity index (χ4n) is 2.31. The van der Waals surface area contributed by atoms with Crippen LogP contribution in [0.3, 0.4) is 0 Å². The maximum absolute atomic E-state index is 12.3. The molecule has 0 aliphatic carbocycles. The maximum atomic E-state index is 12.3. The van der Waals surface area contributed by atoms with Gasteiger partial charge in [-0.05, 0) is 25.5 Å². The molecule has 23 heavy (non-hydrogen) atoms. The predicted molar refractivity (Wildman–Crippen MR) is 85.5 cm³/mol. The second-order valence-corrected chi connectivity index (χ2v) is 4.99. The molecule has 0 N–H and O–H groups in total. The van der Waals surface area contributed by atoms with Crippen LogP contribution >= 0.6 is 0 Å². The maximum Gasteiger partial charge on any atom is 0.510 e. The quantitative estimate of drug-likeness (QED) is 0.601. The van der Waals surface area contributed by atoms with Crippen molar-refractivity contribution in [2.45, 2.75) is 40.0 Å². The molecule has 2 rings (SSSR count). The molecular formula is C16H20N2O5. The van der Waals surface area contributed by atoms with Crippen molar-refractivity contribution in [2.75, 3.05) is 6.61 Å². The largest absolute Gasteiger partial charge is 0.510 e. The Kier molecular flexibility index (Phi) is 5.56. The van der Waals surface area contributed by atoms with Crippen LogP contribution in [0, 0.1) is 0 Å². The van der Waals surface area contributed by atoms with Gasteiger partial charge < -0.3 is 14.0 Å². The fourth-order valence-corrected chi connectivity index (χ4v) is 2.31. The Morgan fingerprint density at radius 3 is 2.22 bits per heavy atom. The summed E-state index contributed by atoms with van der Waals surface area (Å²) in [4.78, 5) is 36.0. The van der Waals surface area contributed by atoms with Crippen LogP contribution in [0.15, 0.2) is 33.9 Å². The SMILES string of the molecule is CCCCn1c(=O)c(=O)n(COC(=O)OCC)c2ccccc21. The van der Waals surface area contributed by atoms with E-state index in [9.17, 15) is 14.4 Å². The van der Waals surface area contributed by atoms with Crippen LogP contribution in [0.1, 0.15) is 26.7 Å². The van der Waals surface area contributed by atoms with Crippen LogP contribution in [0.4, 0.5) is 4.79 Å². The summed E-state index contributed by atoms with van der Waals surface area (Å²) in [5, 5.41) is 0. The van der Waals surface area contributed by atoms with Gasteiger partial charge in [-0.15, -0.1) is 0 Å². The molecule has 1 aromatic heterocycles. The van der Waals surface area contributed by atoms with Crippen LogP contribution in [0.2, 0.25) is 0 Å². The summed E-state index contributed by atoms with van der Waals surface area (Å²) in [5.74, 6) is 0. The molecule has 0 radical (unpaired) electrons. The monoisotopic (exact) mass is 320 g/mol. The summed E-state index contributed by atoms with van der Waals surface area (Å²) in [6.45, 7) is 3.96. The van der Waals surface area contributed by atoms with E-state index in [1.807, 2.05) is 6.92 Å². The molecular weight excluding hydrogens is 300 g/mol. The molecule has 0 saturated heterocycles. The van der Waals surface area contributed by atoms with Gasteiger partial charge in [0.15, 0.2) is 6.73 Å². The van der Waals surface area contributed by atoms with Crippen molar-refractivity contribution in [1.82, 2.24) is 9.13 Å². The van der Waals surface area contributed by atoms with Gasteiger partial charge in [-0.1, -0.05) is 25.5 Å². The first-order valence-electron chi connectivity index (χ1n) is 7.62. The van der Waals surface area contributed by atoms with E-state index in [1.54, 1.807) is 31.2 Å². The summed E-state index contributed by atoms with van der Waals surface area (Å²) in [6.07, 6.45) is 0.835. The number of nitrogens with zero attached hydrogens (tertiary/aromatic N) is 2. The van der Waals surface area contributed by atoms with E-state index in [2.05, 4.69) is 4.74 Å². The fraction of sp³-hybridized carbons (Fsp3) is 0.438. The van der Waals surface area contributed by atoms with E-state index in [1.165, 1.54) is 4.57 Å². The molecule has 0 fully saturated rings. The van der Waals surface area contributed by atoms with Crippen molar-refractivity contribution >= 4 is 17.2 Å². The van der Waals surface area contributed by atoms with Gasteiger partial charge >= 0.3 is 17.3 Å². The number of unbranched alkanes of at least 4 members (excludes halogenated alkanes) is 1. The molecule has 0 unspecified atom stereocenters. The first kappa shape index (κ1) is 16.8. The lowest BCUT2D eigenvalue weighted by Crippen LogP contribution is -2.42. The molecule has 2 aromatic rings. The first-order valence-corrected chi connectivity index (χ1v) is 7.62. The zero-order valence-electron chi connectivity index (χ0n) is 13.3. The Morgan fingerprint density at radius 1 is 1.00 bits per heavy atom. The molecule has 124 valence electrons. The number of rotatable bonds is 6. The van der Waals surface area contributed by atoms with E-state index in [0.717, 1.165) is 17.4 Å². The molecule has 0 bridgehead atoms. The minimum atomic E-state index is -0.876. The van der Waals surface area contributed by atoms with Gasteiger partial charge in [0.2, 0.25) is 0 Å². The molecule has 1 aromatic carbocycles. The molecule has 0 saturated carbocycles. The Balaban J connectivity index is 2.49. The van der Waals surface area contributed by atoms with Gasteiger partial charge in [0.05, 0.1) is 17.6 Å². The van der Waals surface area contributed by atoms with Gasteiger partial charge in [0.25, 0.3) is 0 Å². The van der Waals surface area contributed by atoms with Crippen LogP contribution in [0.25, 0.3) is 11.0 Å². The number of carbonyl (C=O) groups is 1. The third-order valence-corrected chi connectivity index (χ3v) is 3.45. The van der Waals surface area contributed by atoms with Crippen molar-refractivity contribution in [3.63, 3.8) is 0 Å². The zero-order chi connectivity index (χ0) is 16.8. The highest BCUT2D eigenvalue weighted by molar-refractivity contribution is 5.75. The number of hydrogen-bond acceptors (Lipinski definition) is 5. The van der Waals surface area contributed by atoms with E-state index >= 15 is 0 Å². The van der Waals surface area contributed by atoms with Gasteiger partial charge in [-0.3, -0.25) is 14.2 Å². The molecule has 0 atom stereocenters. The molecule has 1 heterocycles. The molecule has 0 spiro atoms. The highest BCUT2D eigenvalue weighted by Gasteiger charge is 2.14. The molecule has 0 aliphatic rings. The number of ether oxygens (including phenoxy) is 2. The van der Waals surface area contributed by atoms with E-state index in [-0.39, 0.29) is 13.3 Å². The van der Waals surface area contributed by atoms with Gasteiger partial charge in [0, 0.05) is 6.54 Å². The van der Waals surface area contributed by atoms with E-state index in [4.69, 9.17) is 4.74 Å². The average Bonchev–Trinajstić information content (AvgIpc) is 2.55. The summed E-state index contributed by atoms with van der Waals surface area (Å²) in [6, 6.07) is 7.04. The van der Waals surface area contributed by atoms with E-state index in [0.29, 0.717) is 17.6 Å².